The Labute approximate surface area is 126 Å². The van der Waals surface area contributed by atoms with E-state index in [1.165, 1.54) is 23.1 Å². The maximum atomic E-state index is 13.3. The molecule has 1 aliphatic rings. The molecular formula is C16H13ClFNO2. The van der Waals surface area contributed by atoms with E-state index in [0.717, 1.165) is 0 Å². The van der Waals surface area contributed by atoms with Crippen LogP contribution < -0.4 is 4.90 Å². The summed E-state index contributed by atoms with van der Waals surface area (Å²) in [5, 5.41) is 10.4. The van der Waals surface area contributed by atoms with Gasteiger partial charge in [0.2, 0.25) is 0 Å². The normalized spacial score (nSPS) is 17.5. The van der Waals surface area contributed by atoms with Crippen LogP contribution in [-0.4, -0.2) is 17.6 Å². The standard InChI is InChI=1S/C16H13ClFNO2/c17-13-4-2-1-3-11(13)16(21)19-8-7-15(20)12-9-10(18)5-6-14(12)19/h1-6,9,15,20H,7-8H2. The van der Waals surface area contributed by atoms with Crippen molar-refractivity contribution in [3.8, 4) is 0 Å². The highest BCUT2D eigenvalue weighted by atomic mass is 35.5. The van der Waals surface area contributed by atoms with Gasteiger partial charge in [0.15, 0.2) is 0 Å². The molecule has 0 saturated heterocycles. The Kier molecular flexibility index (Phi) is 3.66. The van der Waals surface area contributed by atoms with E-state index in [1.54, 1.807) is 24.3 Å². The van der Waals surface area contributed by atoms with Gasteiger partial charge < -0.3 is 10.0 Å². The Balaban J connectivity index is 2.03. The Hall–Kier alpha value is -1.91. The van der Waals surface area contributed by atoms with Crippen molar-refractivity contribution < 1.29 is 14.3 Å². The first kappa shape index (κ1) is 14.0. The summed E-state index contributed by atoms with van der Waals surface area (Å²) in [4.78, 5) is 14.2. The zero-order valence-electron chi connectivity index (χ0n) is 11.1. The van der Waals surface area contributed by atoms with E-state index in [2.05, 4.69) is 0 Å². The van der Waals surface area contributed by atoms with E-state index in [1.807, 2.05) is 0 Å². The number of hydrogen-bond acceptors (Lipinski definition) is 2. The van der Waals surface area contributed by atoms with Gasteiger partial charge in [-0.15, -0.1) is 0 Å². The lowest BCUT2D eigenvalue weighted by Gasteiger charge is -2.32. The van der Waals surface area contributed by atoms with Crippen LogP contribution in [0.4, 0.5) is 10.1 Å². The average Bonchev–Trinajstić information content (AvgIpc) is 2.48. The Morgan fingerprint density at radius 3 is 2.81 bits per heavy atom. The van der Waals surface area contributed by atoms with Crippen molar-refractivity contribution in [3.63, 3.8) is 0 Å². The fourth-order valence-corrected chi connectivity index (χ4v) is 2.77. The minimum absolute atomic E-state index is 0.250. The van der Waals surface area contributed by atoms with Gasteiger partial charge in [-0.1, -0.05) is 23.7 Å². The number of aliphatic hydroxyl groups is 1. The number of carbonyl (C=O) groups is 1. The van der Waals surface area contributed by atoms with Crippen LogP contribution in [0.3, 0.4) is 0 Å². The Bertz CT molecular complexity index is 704. The quantitative estimate of drug-likeness (QED) is 0.875. The predicted molar refractivity (Wildman–Crippen MR) is 79.1 cm³/mol. The molecule has 5 heteroatoms. The zero-order valence-corrected chi connectivity index (χ0v) is 11.8. The van der Waals surface area contributed by atoms with Crippen LogP contribution in [0.15, 0.2) is 42.5 Å². The molecule has 1 amide bonds. The summed E-state index contributed by atoms with van der Waals surface area (Å²) < 4.78 is 13.3. The summed E-state index contributed by atoms with van der Waals surface area (Å²) in [7, 11) is 0. The first-order valence-electron chi connectivity index (χ1n) is 6.62. The van der Waals surface area contributed by atoms with E-state index >= 15 is 0 Å². The lowest BCUT2D eigenvalue weighted by Crippen LogP contribution is -2.37. The molecular weight excluding hydrogens is 293 g/mol. The third-order valence-corrected chi connectivity index (χ3v) is 3.94. The molecule has 0 fully saturated rings. The predicted octanol–water partition coefficient (Wildman–Crippen LogP) is 3.56. The molecule has 1 atom stereocenters. The average molecular weight is 306 g/mol. The number of benzene rings is 2. The van der Waals surface area contributed by atoms with Crippen molar-refractivity contribution in [3.05, 3.63) is 64.4 Å². The van der Waals surface area contributed by atoms with Crippen molar-refractivity contribution in [1.29, 1.82) is 0 Å². The van der Waals surface area contributed by atoms with Gasteiger partial charge in [-0.3, -0.25) is 4.79 Å². The number of hydrogen-bond donors (Lipinski definition) is 1. The highest BCUT2D eigenvalue weighted by Gasteiger charge is 2.29. The van der Waals surface area contributed by atoms with Gasteiger partial charge in [-0.05, 0) is 36.8 Å². The molecule has 1 unspecified atom stereocenters. The monoisotopic (exact) mass is 305 g/mol. The molecule has 108 valence electrons. The second-order valence-corrected chi connectivity index (χ2v) is 5.35. The molecule has 3 nitrogen and oxygen atoms in total. The summed E-state index contributed by atoms with van der Waals surface area (Å²) in [6.07, 6.45) is -0.391. The van der Waals surface area contributed by atoms with Crippen molar-refractivity contribution in [2.24, 2.45) is 0 Å². The molecule has 0 aliphatic carbocycles. The van der Waals surface area contributed by atoms with Crippen molar-refractivity contribution in [2.45, 2.75) is 12.5 Å². The van der Waals surface area contributed by atoms with Gasteiger partial charge in [0.1, 0.15) is 5.82 Å². The van der Waals surface area contributed by atoms with Gasteiger partial charge in [0, 0.05) is 17.8 Å². The van der Waals surface area contributed by atoms with Crippen molar-refractivity contribution >= 4 is 23.2 Å². The molecule has 2 aromatic carbocycles. The number of anilines is 1. The van der Waals surface area contributed by atoms with E-state index in [0.29, 0.717) is 34.8 Å². The van der Waals surface area contributed by atoms with Gasteiger partial charge >= 0.3 is 0 Å². The van der Waals surface area contributed by atoms with Crippen LogP contribution in [0, 0.1) is 5.82 Å². The second-order valence-electron chi connectivity index (χ2n) is 4.94. The summed E-state index contributed by atoms with van der Waals surface area (Å²) >= 11 is 6.06. The molecule has 3 rings (SSSR count). The van der Waals surface area contributed by atoms with Crippen LogP contribution >= 0.6 is 11.6 Å². The minimum atomic E-state index is -0.758. The third-order valence-electron chi connectivity index (χ3n) is 3.61. The lowest BCUT2D eigenvalue weighted by atomic mass is 9.98. The topological polar surface area (TPSA) is 40.5 Å². The van der Waals surface area contributed by atoms with E-state index < -0.39 is 11.9 Å². The molecule has 0 saturated carbocycles. The summed E-state index contributed by atoms with van der Waals surface area (Å²) in [5.41, 5.74) is 1.35. The first-order valence-corrected chi connectivity index (χ1v) is 6.99. The van der Waals surface area contributed by atoms with Crippen molar-refractivity contribution in [2.75, 3.05) is 11.4 Å². The van der Waals surface area contributed by atoms with Gasteiger partial charge in [-0.2, -0.15) is 0 Å². The highest BCUT2D eigenvalue weighted by molar-refractivity contribution is 6.34. The number of rotatable bonds is 1. The van der Waals surface area contributed by atoms with Crippen LogP contribution in [0.1, 0.15) is 28.4 Å². The minimum Gasteiger partial charge on any atom is -0.388 e. The molecule has 1 aliphatic heterocycles. The summed E-state index contributed by atoms with van der Waals surface area (Å²) in [5.74, 6) is -0.680. The van der Waals surface area contributed by atoms with E-state index in [4.69, 9.17) is 11.6 Å². The number of nitrogens with zero attached hydrogens (tertiary/aromatic N) is 1. The molecule has 0 aromatic heterocycles. The number of aliphatic hydroxyl groups excluding tert-OH is 1. The van der Waals surface area contributed by atoms with Crippen LogP contribution in [0.5, 0.6) is 0 Å². The van der Waals surface area contributed by atoms with E-state index in [9.17, 15) is 14.3 Å². The third kappa shape index (κ3) is 2.52. The van der Waals surface area contributed by atoms with Gasteiger partial charge in [0.25, 0.3) is 5.91 Å². The summed E-state index contributed by atoms with van der Waals surface area (Å²) in [6.45, 7) is 0.365. The zero-order chi connectivity index (χ0) is 15.0. The number of fused-ring (bicyclic) bond motifs is 1. The summed E-state index contributed by atoms with van der Waals surface area (Å²) in [6, 6.07) is 10.9. The molecule has 0 bridgehead atoms. The molecule has 21 heavy (non-hydrogen) atoms. The van der Waals surface area contributed by atoms with Gasteiger partial charge in [-0.25, -0.2) is 4.39 Å². The molecule has 1 heterocycles. The maximum absolute atomic E-state index is 13.3. The fourth-order valence-electron chi connectivity index (χ4n) is 2.56. The number of halogens is 2. The van der Waals surface area contributed by atoms with Crippen LogP contribution in [-0.2, 0) is 0 Å². The fraction of sp³-hybridized carbons (Fsp3) is 0.188. The first-order chi connectivity index (χ1) is 10.1. The SMILES string of the molecule is O=C(c1ccccc1Cl)N1CCC(O)c2cc(F)ccc21. The largest absolute Gasteiger partial charge is 0.388 e. The Morgan fingerprint density at radius 2 is 2.05 bits per heavy atom. The molecule has 2 aromatic rings. The molecule has 0 radical (unpaired) electrons. The maximum Gasteiger partial charge on any atom is 0.259 e. The van der Waals surface area contributed by atoms with Gasteiger partial charge in [0.05, 0.1) is 16.7 Å². The number of amides is 1. The molecule has 0 spiro atoms. The van der Waals surface area contributed by atoms with E-state index in [-0.39, 0.29) is 5.91 Å². The van der Waals surface area contributed by atoms with Crippen LogP contribution in [0.2, 0.25) is 5.02 Å². The lowest BCUT2D eigenvalue weighted by molar-refractivity contribution is 0.0970. The number of carbonyl (C=O) groups excluding carboxylic acids is 1. The van der Waals surface area contributed by atoms with Crippen LogP contribution in [0.25, 0.3) is 0 Å². The highest BCUT2D eigenvalue weighted by Crippen LogP contribution is 2.35. The smallest absolute Gasteiger partial charge is 0.259 e. The van der Waals surface area contributed by atoms with Crippen molar-refractivity contribution in [1.82, 2.24) is 0 Å². The molecule has 1 N–H and O–H groups in total. The Morgan fingerprint density at radius 1 is 1.29 bits per heavy atom. The second kappa shape index (κ2) is 5.47.